The van der Waals surface area contributed by atoms with Crippen molar-refractivity contribution in [2.75, 3.05) is 13.7 Å². The number of methoxy groups -OCH3 is 1. The van der Waals surface area contributed by atoms with E-state index >= 15 is 0 Å². The first-order valence-corrected chi connectivity index (χ1v) is 10.7. The second-order valence-electron chi connectivity index (χ2n) is 6.89. The fourth-order valence-electron chi connectivity index (χ4n) is 3.17. The molecule has 4 heterocycles. The lowest BCUT2D eigenvalue weighted by Crippen LogP contribution is -2.26. The van der Waals surface area contributed by atoms with Gasteiger partial charge in [-0.15, -0.1) is 11.3 Å². The molecule has 0 saturated carbocycles. The zero-order chi connectivity index (χ0) is 21.6. The molecule has 0 atom stereocenters. The molecule has 0 unspecified atom stereocenters. The predicted molar refractivity (Wildman–Crippen MR) is 118 cm³/mol. The second-order valence-corrected chi connectivity index (χ2v) is 7.84. The minimum Gasteiger partial charge on any atom is -0.378 e. The molecule has 0 aromatic carbocycles. The van der Waals surface area contributed by atoms with Crippen LogP contribution >= 0.6 is 11.3 Å². The zero-order valence-corrected chi connectivity index (χ0v) is 18.1. The highest BCUT2D eigenvalue weighted by Gasteiger charge is 2.20. The van der Waals surface area contributed by atoms with Gasteiger partial charge in [0.15, 0.2) is 0 Å². The molecule has 1 amide bonds. The van der Waals surface area contributed by atoms with Crippen LogP contribution in [0.1, 0.15) is 27.2 Å². The summed E-state index contributed by atoms with van der Waals surface area (Å²) in [7, 11) is 1.58. The summed E-state index contributed by atoms with van der Waals surface area (Å²) in [5.74, 6) is 0.190. The summed E-state index contributed by atoms with van der Waals surface area (Å²) in [6.45, 7) is 2.68. The van der Waals surface area contributed by atoms with E-state index in [0.717, 1.165) is 21.7 Å². The third-order valence-electron chi connectivity index (χ3n) is 4.75. The van der Waals surface area contributed by atoms with Crippen LogP contribution in [0.2, 0.25) is 0 Å². The molecule has 158 valence electrons. The van der Waals surface area contributed by atoms with E-state index in [9.17, 15) is 4.79 Å². The highest BCUT2D eigenvalue weighted by Crippen LogP contribution is 2.26. The number of carbonyl (C=O) groups is 1. The summed E-state index contributed by atoms with van der Waals surface area (Å²) in [5.41, 5.74) is 3.98. The van der Waals surface area contributed by atoms with Crippen molar-refractivity contribution in [3.63, 3.8) is 0 Å². The Bertz CT molecular complexity index is 1160. The molecule has 8 nitrogen and oxygen atoms in total. The minimum absolute atomic E-state index is 0.207. The van der Waals surface area contributed by atoms with E-state index in [1.807, 2.05) is 36.6 Å². The van der Waals surface area contributed by atoms with E-state index in [0.29, 0.717) is 30.2 Å². The topological polar surface area (TPSA) is 94.8 Å². The van der Waals surface area contributed by atoms with Gasteiger partial charge in [-0.3, -0.25) is 9.78 Å². The van der Waals surface area contributed by atoms with Gasteiger partial charge in [-0.05, 0) is 48.1 Å². The van der Waals surface area contributed by atoms with E-state index < -0.39 is 0 Å². The molecular weight excluding hydrogens is 412 g/mol. The van der Waals surface area contributed by atoms with Crippen molar-refractivity contribution in [2.45, 2.75) is 20.0 Å². The van der Waals surface area contributed by atoms with Crippen molar-refractivity contribution in [1.82, 2.24) is 30.0 Å². The van der Waals surface area contributed by atoms with Gasteiger partial charge in [-0.2, -0.15) is 9.78 Å². The Labute approximate surface area is 184 Å². The monoisotopic (exact) mass is 434 g/mol. The maximum absolute atomic E-state index is 12.8. The van der Waals surface area contributed by atoms with E-state index in [2.05, 4.69) is 20.4 Å². The van der Waals surface area contributed by atoms with Crippen molar-refractivity contribution < 1.29 is 9.53 Å². The summed E-state index contributed by atoms with van der Waals surface area (Å²) in [6, 6.07) is 7.87. The quantitative estimate of drug-likeness (QED) is 0.458. The number of aryl methyl sites for hydroxylation is 1. The minimum atomic E-state index is -0.210. The van der Waals surface area contributed by atoms with Crippen molar-refractivity contribution in [3.05, 3.63) is 76.8 Å². The first kappa shape index (κ1) is 20.8. The third-order valence-corrected chi connectivity index (χ3v) is 5.62. The number of hydrogen-bond acceptors (Lipinski definition) is 7. The molecule has 0 bridgehead atoms. The molecule has 0 spiro atoms. The molecule has 9 heteroatoms. The first-order valence-electron chi connectivity index (χ1n) is 9.78. The number of nitrogens with zero attached hydrogens (tertiary/aromatic N) is 5. The average molecular weight is 435 g/mol. The van der Waals surface area contributed by atoms with Gasteiger partial charge in [-0.25, -0.2) is 9.97 Å². The summed E-state index contributed by atoms with van der Waals surface area (Å²) in [4.78, 5) is 27.0. The molecular formula is C22H22N6O2S. The van der Waals surface area contributed by atoms with E-state index in [4.69, 9.17) is 9.72 Å². The Kier molecular flexibility index (Phi) is 6.44. The van der Waals surface area contributed by atoms with Crippen molar-refractivity contribution in [1.29, 1.82) is 0 Å². The van der Waals surface area contributed by atoms with Crippen molar-refractivity contribution in [2.24, 2.45) is 0 Å². The van der Waals surface area contributed by atoms with Crippen LogP contribution in [0.15, 0.2) is 54.4 Å². The van der Waals surface area contributed by atoms with Crippen LogP contribution in [0.5, 0.6) is 0 Å². The molecule has 4 aromatic heterocycles. The average Bonchev–Trinajstić information content (AvgIpc) is 3.46. The number of thiophene rings is 1. The van der Waals surface area contributed by atoms with Gasteiger partial charge in [0, 0.05) is 32.2 Å². The highest BCUT2D eigenvalue weighted by molar-refractivity contribution is 7.13. The van der Waals surface area contributed by atoms with Crippen molar-refractivity contribution >= 4 is 17.2 Å². The summed E-state index contributed by atoms with van der Waals surface area (Å²) in [5, 5.41) is 9.35. The summed E-state index contributed by atoms with van der Waals surface area (Å²) < 4.78 is 6.91. The smallest absolute Gasteiger partial charge is 0.254 e. The van der Waals surface area contributed by atoms with Crippen molar-refractivity contribution in [3.8, 4) is 16.5 Å². The number of amides is 1. The predicted octanol–water partition coefficient (Wildman–Crippen LogP) is 3.21. The van der Waals surface area contributed by atoms with Gasteiger partial charge in [-0.1, -0.05) is 6.07 Å². The van der Waals surface area contributed by atoms with Gasteiger partial charge in [0.1, 0.15) is 0 Å². The maximum atomic E-state index is 12.8. The Morgan fingerprint density at radius 1 is 1.23 bits per heavy atom. The molecule has 0 aliphatic heterocycles. The maximum Gasteiger partial charge on any atom is 0.254 e. The number of ether oxygens (including phenoxy) is 1. The van der Waals surface area contributed by atoms with Crippen LogP contribution in [-0.2, 0) is 17.8 Å². The fourth-order valence-corrected chi connectivity index (χ4v) is 3.95. The molecule has 4 rings (SSSR count). The molecule has 0 saturated heterocycles. The summed E-state index contributed by atoms with van der Waals surface area (Å²) >= 11 is 1.61. The lowest BCUT2D eigenvalue weighted by Gasteiger charge is -2.10. The van der Waals surface area contributed by atoms with Crippen LogP contribution in [0.25, 0.3) is 16.5 Å². The van der Waals surface area contributed by atoms with Crippen LogP contribution < -0.4 is 5.32 Å². The molecule has 31 heavy (non-hydrogen) atoms. The first-order chi connectivity index (χ1) is 15.2. The Hall–Kier alpha value is -3.43. The number of carbonyl (C=O) groups excluding carboxylic acids is 1. The largest absolute Gasteiger partial charge is 0.378 e. The van der Waals surface area contributed by atoms with Crippen LogP contribution in [-0.4, -0.2) is 44.3 Å². The Balaban J connectivity index is 1.57. The number of aromatic nitrogens is 5. The standard InChI is InChI=1S/C22H22N6O2S/c1-15-12-25-22(27-20(15)19-4-3-11-31-19)28-18(14-30-2)17(13-26-28)21(29)24-10-7-16-5-8-23-9-6-16/h3-6,8-9,11-13H,7,10,14H2,1-2H3,(H,24,29). The SMILES string of the molecule is COCc1c(C(=O)NCCc2ccncc2)cnn1-c1ncc(C)c(-c2cccs2)n1. The number of nitrogens with one attached hydrogen (secondary N) is 1. The molecule has 0 aliphatic rings. The fraction of sp³-hybridized carbons (Fsp3) is 0.227. The van der Waals surface area contributed by atoms with Crippen LogP contribution in [0, 0.1) is 6.92 Å². The van der Waals surface area contributed by atoms with Crippen LogP contribution in [0.4, 0.5) is 0 Å². The lowest BCUT2D eigenvalue weighted by atomic mass is 10.2. The molecule has 4 aromatic rings. The lowest BCUT2D eigenvalue weighted by molar-refractivity contribution is 0.0948. The number of pyridine rings is 1. The Morgan fingerprint density at radius 3 is 2.81 bits per heavy atom. The molecule has 0 aliphatic carbocycles. The Morgan fingerprint density at radius 2 is 2.06 bits per heavy atom. The van der Waals surface area contributed by atoms with E-state index in [1.54, 1.807) is 41.7 Å². The van der Waals surface area contributed by atoms with E-state index in [-0.39, 0.29) is 12.5 Å². The van der Waals surface area contributed by atoms with Gasteiger partial charge >= 0.3 is 0 Å². The second kappa shape index (κ2) is 9.59. The highest BCUT2D eigenvalue weighted by atomic mass is 32.1. The number of hydrogen-bond donors (Lipinski definition) is 1. The zero-order valence-electron chi connectivity index (χ0n) is 17.3. The number of rotatable bonds is 8. The van der Waals surface area contributed by atoms with Gasteiger partial charge in [0.2, 0.25) is 0 Å². The normalized spacial score (nSPS) is 10.9. The third kappa shape index (κ3) is 4.68. The molecule has 0 fully saturated rings. The summed E-state index contributed by atoms with van der Waals surface area (Å²) in [6.07, 6.45) is 7.50. The van der Waals surface area contributed by atoms with Crippen LogP contribution in [0.3, 0.4) is 0 Å². The molecule has 0 radical (unpaired) electrons. The van der Waals surface area contributed by atoms with Gasteiger partial charge < -0.3 is 10.1 Å². The van der Waals surface area contributed by atoms with E-state index in [1.165, 1.54) is 6.20 Å². The molecule has 1 N–H and O–H groups in total. The van der Waals surface area contributed by atoms with Gasteiger partial charge in [0.25, 0.3) is 11.9 Å². The van der Waals surface area contributed by atoms with Gasteiger partial charge in [0.05, 0.1) is 34.6 Å².